The first kappa shape index (κ1) is 19.2. The predicted octanol–water partition coefficient (Wildman–Crippen LogP) is 5.87. The lowest BCUT2D eigenvalue weighted by Crippen LogP contribution is -2.20. The van der Waals surface area contributed by atoms with E-state index in [1.54, 1.807) is 0 Å². The molecule has 0 atom stereocenters. The SMILES string of the molecule is Cc1nnc2n1-c1ccccc1C(c1ccc(Br)cc1)=NN2Cc1ccc(Br)cc1. The third kappa shape index (κ3) is 3.48. The molecule has 0 N–H and O–H groups in total. The fraction of sp³-hybridized carbons (Fsp3) is 0.0870. The van der Waals surface area contributed by atoms with Crippen molar-refractivity contribution in [3.63, 3.8) is 0 Å². The fourth-order valence-corrected chi connectivity index (χ4v) is 4.11. The van der Waals surface area contributed by atoms with Gasteiger partial charge in [0, 0.05) is 20.1 Å². The third-order valence-corrected chi connectivity index (χ3v) is 6.08. The molecule has 0 spiro atoms. The smallest absolute Gasteiger partial charge is 0.252 e. The number of para-hydroxylation sites is 1. The maximum Gasteiger partial charge on any atom is 0.252 e. The molecule has 0 bridgehead atoms. The molecular weight excluding hydrogens is 506 g/mol. The Balaban J connectivity index is 1.71. The summed E-state index contributed by atoms with van der Waals surface area (Å²) in [5.41, 5.74) is 5.15. The van der Waals surface area contributed by atoms with Crippen LogP contribution in [0.15, 0.2) is 86.8 Å². The van der Waals surface area contributed by atoms with E-state index in [1.807, 2.05) is 48.3 Å². The Morgan fingerprint density at radius 1 is 0.800 bits per heavy atom. The van der Waals surface area contributed by atoms with Gasteiger partial charge < -0.3 is 0 Å². The molecule has 30 heavy (non-hydrogen) atoms. The van der Waals surface area contributed by atoms with Crippen LogP contribution in [0.25, 0.3) is 5.69 Å². The Bertz CT molecular complexity index is 1240. The number of fused-ring (bicyclic) bond motifs is 3. The van der Waals surface area contributed by atoms with Crippen molar-refractivity contribution in [2.75, 3.05) is 5.01 Å². The van der Waals surface area contributed by atoms with E-state index in [2.05, 4.69) is 83.0 Å². The zero-order chi connectivity index (χ0) is 20.7. The minimum absolute atomic E-state index is 0.583. The lowest BCUT2D eigenvalue weighted by molar-refractivity contribution is 0.796. The van der Waals surface area contributed by atoms with Crippen LogP contribution in [0.5, 0.6) is 0 Å². The highest BCUT2D eigenvalue weighted by Gasteiger charge is 2.26. The number of hydrazone groups is 1. The molecule has 1 aliphatic rings. The van der Waals surface area contributed by atoms with Crippen molar-refractivity contribution in [2.24, 2.45) is 5.10 Å². The quantitative estimate of drug-likeness (QED) is 0.338. The molecule has 0 amide bonds. The van der Waals surface area contributed by atoms with Crippen molar-refractivity contribution in [1.82, 2.24) is 14.8 Å². The third-order valence-electron chi connectivity index (χ3n) is 5.02. The van der Waals surface area contributed by atoms with Crippen LogP contribution in [0.3, 0.4) is 0 Å². The number of benzene rings is 3. The molecule has 0 fully saturated rings. The molecule has 5 rings (SSSR count). The van der Waals surface area contributed by atoms with Gasteiger partial charge in [0.1, 0.15) is 11.5 Å². The summed E-state index contributed by atoms with van der Waals surface area (Å²) in [6.45, 7) is 2.55. The molecule has 4 aromatic rings. The van der Waals surface area contributed by atoms with Crippen molar-refractivity contribution < 1.29 is 0 Å². The summed E-state index contributed by atoms with van der Waals surface area (Å²) in [6, 6.07) is 24.8. The van der Waals surface area contributed by atoms with Crippen LogP contribution in [0.4, 0.5) is 5.95 Å². The van der Waals surface area contributed by atoms with Gasteiger partial charge in [-0.2, -0.15) is 5.10 Å². The van der Waals surface area contributed by atoms with Gasteiger partial charge >= 0.3 is 0 Å². The molecule has 0 radical (unpaired) electrons. The van der Waals surface area contributed by atoms with Crippen molar-refractivity contribution in [3.8, 4) is 5.69 Å². The van der Waals surface area contributed by atoms with E-state index in [4.69, 9.17) is 5.10 Å². The Morgan fingerprint density at radius 2 is 1.47 bits per heavy atom. The Kier molecular flexibility index (Phi) is 5.00. The molecule has 1 aliphatic heterocycles. The second kappa shape index (κ2) is 7.81. The first-order valence-electron chi connectivity index (χ1n) is 9.48. The number of hydrogen-bond acceptors (Lipinski definition) is 4. The predicted molar refractivity (Wildman–Crippen MR) is 126 cm³/mol. The molecule has 0 saturated heterocycles. The van der Waals surface area contributed by atoms with Crippen LogP contribution >= 0.6 is 31.9 Å². The second-order valence-corrected chi connectivity index (χ2v) is 8.87. The standard InChI is InChI=1S/C23H17Br2N5/c1-15-26-27-23-29(14-16-6-10-18(24)11-7-16)28-22(17-8-12-19(25)13-9-17)20-4-2-3-5-21(20)30(15)23/h2-13H,14H2,1H3. The van der Waals surface area contributed by atoms with Gasteiger partial charge in [-0.15, -0.1) is 10.2 Å². The Labute approximate surface area is 191 Å². The average molecular weight is 523 g/mol. The van der Waals surface area contributed by atoms with E-state index in [-0.39, 0.29) is 0 Å². The molecule has 0 saturated carbocycles. The van der Waals surface area contributed by atoms with Gasteiger partial charge in [0.2, 0.25) is 0 Å². The van der Waals surface area contributed by atoms with Crippen molar-refractivity contribution in [3.05, 3.63) is 104 Å². The van der Waals surface area contributed by atoms with Crippen LogP contribution < -0.4 is 5.01 Å². The normalized spacial score (nSPS) is 12.8. The number of rotatable bonds is 3. The molecule has 0 unspecified atom stereocenters. The van der Waals surface area contributed by atoms with E-state index < -0.39 is 0 Å². The maximum atomic E-state index is 5.09. The van der Waals surface area contributed by atoms with E-state index >= 15 is 0 Å². The number of aryl methyl sites for hydroxylation is 1. The monoisotopic (exact) mass is 521 g/mol. The minimum atomic E-state index is 0.583. The average Bonchev–Trinajstić information content (AvgIpc) is 3.08. The van der Waals surface area contributed by atoms with Gasteiger partial charge in [0.15, 0.2) is 0 Å². The van der Waals surface area contributed by atoms with Crippen LogP contribution in [0.2, 0.25) is 0 Å². The Morgan fingerprint density at radius 3 is 2.20 bits per heavy atom. The van der Waals surface area contributed by atoms with Gasteiger partial charge in [-0.1, -0.05) is 74.3 Å². The van der Waals surface area contributed by atoms with Crippen molar-refractivity contribution in [2.45, 2.75) is 13.5 Å². The molecule has 5 nitrogen and oxygen atoms in total. The van der Waals surface area contributed by atoms with Crippen molar-refractivity contribution >= 4 is 43.5 Å². The lowest BCUT2D eigenvalue weighted by atomic mass is 10.0. The first-order valence-corrected chi connectivity index (χ1v) is 11.1. The molecule has 0 aliphatic carbocycles. The van der Waals surface area contributed by atoms with Gasteiger partial charge in [-0.05, 0) is 42.8 Å². The zero-order valence-corrected chi connectivity index (χ0v) is 19.3. The highest BCUT2D eigenvalue weighted by atomic mass is 79.9. The molecule has 3 aromatic carbocycles. The van der Waals surface area contributed by atoms with Gasteiger partial charge in [0.25, 0.3) is 5.95 Å². The van der Waals surface area contributed by atoms with Gasteiger partial charge in [0.05, 0.1) is 12.2 Å². The summed E-state index contributed by atoms with van der Waals surface area (Å²) in [5.74, 6) is 1.53. The largest absolute Gasteiger partial charge is 0.263 e. The van der Waals surface area contributed by atoms with Gasteiger partial charge in [-0.25, -0.2) is 5.01 Å². The summed E-state index contributed by atoms with van der Waals surface area (Å²) < 4.78 is 4.16. The molecular formula is C23H17Br2N5. The van der Waals surface area contributed by atoms with Crippen LogP contribution in [-0.4, -0.2) is 20.5 Å². The van der Waals surface area contributed by atoms with E-state index in [0.717, 1.165) is 42.9 Å². The molecule has 7 heteroatoms. The molecule has 1 aromatic heterocycles. The first-order chi connectivity index (χ1) is 14.6. The molecule has 2 heterocycles. The topological polar surface area (TPSA) is 46.3 Å². The summed E-state index contributed by atoms with van der Waals surface area (Å²) in [7, 11) is 0. The van der Waals surface area contributed by atoms with E-state index in [0.29, 0.717) is 12.5 Å². The number of halogens is 2. The number of nitrogens with zero attached hydrogens (tertiary/aromatic N) is 5. The number of anilines is 1. The fourth-order valence-electron chi connectivity index (χ4n) is 3.58. The lowest BCUT2D eigenvalue weighted by Gasteiger charge is -2.18. The van der Waals surface area contributed by atoms with Crippen LogP contribution in [-0.2, 0) is 6.54 Å². The summed E-state index contributed by atoms with van der Waals surface area (Å²) in [4.78, 5) is 0. The number of hydrogen-bond donors (Lipinski definition) is 0. The maximum absolute atomic E-state index is 5.09. The highest BCUT2D eigenvalue weighted by Crippen LogP contribution is 2.30. The number of aromatic nitrogens is 3. The summed E-state index contributed by atoms with van der Waals surface area (Å²) in [5, 5.41) is 15.8. The van der Waals surface area contributed by atoms with E-state index in [1.165, 1.54) is 0 Å². The Hall–Kier alpha value is -2.77. The van der Waals surface area contributed by atoms with Crippen LogP contribution in [0, 0.1) is 6.92 Å². The second-order valence-electron chi connectivity index (χ2n) is 7.04. The highest BCUT2D eigenvalue weighted by molar-refractivity contribution is 9.10. The van der Waals surface area contributed by atoms with Crippen molar-refractivity contribution in [1.29, 1.82) is 0 Å². The van der Waals surface area contributed by atoms with Crippen LogP contribution in [0.1, 0.15) is 22.5 Å². The van der Waals surface area contributed by atoms with Gasteiger partial charge in [-0.3, -0.25) is 4.57 Å². The minimum Gasteiger partial charge on any atom is -0.263 e. The summed E-state index contributed by atoms with van der Waals surface area (Å²) in [6.07, 6.45) is 0. The van der Waals surface area contributed by atoms with E-state index in [9.17, 15) is 0 Å². The summed E-state index contributed by atoms with van der Waals surface area (Å²) >= 11 is 7.03. The zero-order valence-electron chi connectivity index (χ0n) is 16.1. The molecule has 148 valence electrons.